The summed E-state index contributed by atoms with van der Waals surface area (Å²) in [5.74, 6) is -3.85. The van der Waals surface area contributed by atoms with Gasteiger partial charge < -0.3 is 10.0 Å². The van der Waals surface area contributed by atoms with Crippen LogP contribution in [-0.4, -0.2) is 41.3 Å². The van der Waals surface area contributed by atoms with E-state index in [-0.39, 0.29) is 5.91 Å². The molecule has 0 aromatic rings. The van der Waals surface area contributed by atoms with Gasteiger partial charge in [0, 0.05) is 13.6 Å². The first-order valence-corrected chi connectivity index (χ1v) is 4.06. The number of piperidine rings is 1. The van der Waals surface area contributed by atoms with Crippen LogP contribution in [0.4, 0.5) is 0 Å². The standard InChI is InChI=1S/C8H11NO4/c1-9-4-2-3-5(7(9)11)6(10)8(12)13/h5H,2-4H2,1H3,(H,12,13). The maximum atomic E-state index is 11.3. The maximum absolute atomic E-state index is 11.3. The fourth-order valence-corrected chi connectivity index (χ4v) is 1.42. The maximum Gasteiger partial charge on any atom is 0.373 e. The Morgan fingerprint density at radius 2 is 2.15 bits per heavy atom. The lowest BCUT2D eigenvalue weighted by Gasteiger charge is -2.27. The summed E-state index contributed by atoms with van der Waals surface area (Å²) in [4.78, 5) is 34.0. The summed E-state index contributed by atoms with van der Waals surface area (Å²) < 4.78 is 0. The van der Waals surface area contributed by atoms with Crippen LogP contribution in [0.5, 0.6) is 0 Å². The molecule has 72 valence electrons. The van der Waals surface area contributed by atoms with Gasteiger partial charge in [-0.25, -0.2) is 4.79 Å². The largest absolute Gasteiger partial charge is 0.475 e. The number of nitrogens with zero attached hydrogens (tertiary/aromatic N) is 1. The third-order valence-electron chi connectivity index (χ3n) is 2.19. The molecule has 1 unspecified atom stereocenters. The molecule has 0 bridgehead atoms. The van der Waals surface area contributed by atoms with Crippen LogP contribution in [0.3, 0.4) is 0 Å². The molecule has 0 radical (unpaired) electrons. The molecule has 1 heterocycles. The van der Waals surface area contributed by atoms with Gasteiger partial charge in [0.05, 0.1) is 0 Å². The summed E-state index contributed by atoms with van der Waals surface area (Å²) >= 11 is 0. The minimum Gasteiger partial charge on any atom is -0.475 e. The van der Waals surface area contributed by atoms with Gasteiger partial charge in [-0.2, -0.15) is 0 Å². The van der Waals surface area contributed by atoms with Crippen molar-refractivity contribution < 1.29 is 19.5 Å². The van der Waals surface area contributed by atoms with Crippen molar-refractivity contribution in [1.29, 1.82) is 0 Å². The third kappa shape index (κ3) is 1.85. The number of ketones is 1. The van der Waals surface area contributed by atoms with E-state index in [0.717, 1.165) is 0 Å². The minimum absolute atomic E-state index is 0.355. The Hall–Kier alpha value is -1.39. The van der Waals surface area contributed by atoms with E-state index >= 15 is 0 Å². The van der Waals surface area contributed by atoms with Crippen molar-refractivity contribution in [2.75, 3.05) is 13.6 Å². The van der Waals surface area contributed by atoms with E-state index in [1.165, 1.54) is 4.90 Å². The van der Waals surface area contributed by atoms with Gasteiger partial charge in [-0.1, -0.05) is 0 Å². The van der Waals surface area contributed by atoms with Crippen molar-refractivity contribution in [1.82, 2.24) is 4.90 Å². The highest BCUT2D eigenvalue weighted by Crippen LogP contribution is 2.17. The van der Waals surface area contributed by atoms with E-state index in [0.29, 0.717) is 19.4 Å². The van der Waals surface area contributed by atoms with Gasteiger partial charge in [0.25, 0.3) is 5.78 Å². The first-order valence-electron chi connectivity index (χ1n) is 4.06. The van der Waals surface area contributed by atoms with Gasteiger partial charge in [-0.05, 0) is 12.8 Å². The van der Waals surface area contributed by atoms with E-state index in [2.05, 4.69) is 0 Å². The average molecular weight is 185 g/mol. The number of hydrogen-bond donors (Lipinski definition) is 1. The Balaban J connectivity index is 2.74. The summed E-state index contributed by atoms with van der Waals surface area (Å²) in [6.07, 6.45) is 1.04. The number of amides is 1. The van der Waals surface area contributed by atoms with Crippen molar-refractivity contribution in [3.63, 3.8) is 0 Å². The highest BCUT2D eigenvalue weighted by Gasteiger charge is 2.35. The second-order valence-corrected chi connectivity index (χ2v) is 3.12. The number of likely N-dealkylation sites (tertiary alicyclic amines) is 1. The Bertz CT molecular complexity index is 261. The van der Waals surface area contributed by atoms with Crippen LogP contribution < -0.4 is 0 Å². The second kappa shape index (κ2) is 3.55. The summed E-state index contributed by atoms with van der Waals surface area (Å²) in [6, 6.07) is 0. The molecule has 0 aliphatic carbocycles. The zero-order valence-electron chi connectivity index (χ0n) is 7.32. The van der Waals surface area contributed by atoms with Crippen LogP contribution >= 0.6 is 0 Å². The number of carbonyl (C=O) groups is 3. The van der Waals surface area contributed by atoms with Gasteiger partial charge in [-0.15, -0.1) is 0 Å². The van der Waals surface area contributed by atoms with Crippen LogP contribution in [0.1, 0.15) is 12.8 Å². The predicted molar refractivity (Wildman–Crippen MR) is 43.0 cm³/mol. The normalized spacial score (nSPS) is 23.0. The van der Waals surface area contributed by atoms with Crippen LogP contribution in [-0.2, 0) is 14.4 Å². The van der Waals surface area contributed by atoms with E-state index in [1.54, 1.807) is 7.05 Å². The Morgan fingerprint density at radius 1 is 1.54 bits per heavy atom. The van der Waals surface area contributed by atoms with Crippen LogP contribution in [0.2, 0.25) is 0 Å². The highest BCUT2D eigenvalue weighted by atomic mass is 16.4. The van der Waals surface area contributed by atoms with Crippen molar-refractivity contribution in [2.24, 2.45) is 5.92 Å². The number of rotatable bonds is 2. The predicted octanol–water partition coefficient (Wildman–Crippen LogP) is -0.491. The summed E-state index contributed by atoms with van der Waals surface area (Å²) in [6.45, 7) is 0.599. The number of Topliss-reactive ketones (excluding diaryl/α,β-unsaturated/α-hetero) is 1. The van der Waals surface area contributed by atoms with E-state index < -0.39 is 17.7 Å². The van der Waals surface area contributed by atoms with Crippen LogP contribution in [0, 0.1) is 5.92 Å². The lowest BCUT2D eigenvalue weighted by Crippen LogP contribution is -2.43. The summed E-state index contributed by atoms with van der Waals surface area (Å²) in [5.41, 5.74) is 0. The number of carboxylic acid groups (broad SMARTS) is 1. The molecule has 0 aromatic heterocycles. The zero-order chi connectivity index (χ0) is 10.0. The quantitative estimate of drug-likeness (QED) is 0.465. The molecule has 5 nitrogen and oxygen atoms in total. The number of aliphatic carboxylic acids is 1. The molecule has 5 heteroatoms. The van der Waals surface area contributed by atoms with Crippen LogP contribution in [0.15, 0.2) is 0 Å². The summed E-state index contributed by atoms with van der Waals surface area (Å²) in [5, 5.41) is 8.42. The molecule has 1 saturated heterocycles. The second-order valence-electron chi connectivity index (χ2n) is 3.12. The molecule has 0 aromatic carbocycles. The first kappa shape index (κ1) is 9.70. The van der Waals surface area contributed by atoms with Gasteiger partial charge >= 0.3 is 5.97 Å². The molecular formula is C8H11NO4. The average Bonchev–Trinajstić information content (AvgIpc) is 2.08. The first-order chi connectivity index (χ1) is 6.04. The van der Waals surface area contributed by atoms with E-state index in [1.807, 2.05) is 0 Å². The molecule has 1 fully saturated rings. The molecule has 0 spiro atoms. The van der Waals surface area contributed by atoms with E-state index in [9.17, 15) is 14.4 Å². The highest BCUT2D eigenvalue weighted by molar-refractivity contribution is 6.37. The van der Waals surface area contributed by atoms with Crippen molar-refractivity contribution in [3.05, 3.63) is 0 Å². The monoisotopic (exact) mass is 185 g/mol. The number of hydrogen-bond acceptors (Lipinski definition) is 3. The molecule has 0 saturated carbocycles. The molecule has 1 N–H and O–H groups in total. The van der Waals surface area contributed by atoms with Gasteiger partial charge in [0.15, 0.2) is 0 Å². The van der Waals surface area contributed by atoms with Crippen LogP contribution in [0.25, 0.3) is 0 Å². The SMILES string of the molecule is CN1CCCC(C(=O)C(=O)O)C1=O. The van der Waals surface area contributed by atoms with E-state index in [4.69, 9.17) is 5.11 Å². The zero-order valence-corrected chi connectivity index (χ0v) is 7.32. The molecule has 1 aliphatic heterocycles. The lowest BCUT2D eigenvalue weighted by molar-refractivity contribution is -0.156. The topological polar surface area (TPSA) is 74.7 Å². The molecule has 1 rings (SSSR count). The number of carboxylic acids is 1. The molecule has 13 heavy (non-hydrogen) atoms. The van der Waals surface area contributed by atoms with Gasteiger partial charge in [-0.3, -0.25) is 9.59 Å². The fraction of sp³-hybridized carbons (Fsp3) is 0.625. The molecule has 1 atom stereocenters. The van der Waals surface area contributed by atoms with Gasteiger partial charge in [0.2, 0.25) is 5.91 Å². The smallest absolute Gasteiger partial charge is 0.373 e. The molecular weight excluding hydrogens is 174 g/mol. The molecule has 1 amide bonds. The lowest BCUT2D eigenvalue weighted by atomic mass is 9.93. The van der Waals surface area contributed by atoms with Crippen molar-refractivity contribution in [3.8, 4) is 0 Å². The number of carbonyl (C=O) groups excluding carboxylic acids is 2. The molecule has 1 aliphatic rings. The fourth-order valence-electron chi connectivity index (χ4n) is 1.42. The summed E-state index contributed by atoms with van der Waals surface area (Å²) in [7, 11) is 1.57. The van der Waals surface area contributed by atoms with Crippen molar-refractivity contribution in [2.45, 2.75) is 12.8 Å². The minimum atomic E-state index is -1.52. The third-order valence-corrected chi connectivity index (χ3v) is 2.19. The Kier molecular flexibility index (Phi) is 2.65. The van der Waals surface area contributed by atoms with Crippen molar-refractivity contribution >= 4 is 17.7 Å². The Labute approximate surface area is 75.3 Å². The Morgan fingerprint density at radius 3 is 2.69 bits per heavy atom. The van der Waals surface area contributed by atoms with Gasteiger partial charge in [0.1, 0.15) is 5.92 Å².